The number of hydrogen-bond donors (Lipinski definition) is 0. The second-order valence-electron chi connectivity index (χ2n) is 6.39. The maximum Gasteiger partial charge on any atom is 0.221 e. The fourth-order valence-corrected chi connectivity index (χ4v) is 3.14. The Balaban J connectivity index is 1.70. The standard InChI is InChI=1S/C23H16ClFN2O/c24-18-10-5-16(6-11-18)9-14-22(28)23-26-20-3-1-2-4-21(20)27(23)15-17-7-12-19(25)13-8-17/h1-14H,15H2/b14-9+. The second-order valence-corrected chi connectivity index (χ2v) is 6.82. The summed E-state index contributed by atoms with van der Waals surface area (Å²) < 4.78 is 15.1. The molecule has 0 aliphatic carbocycles. The van der Waals surface area contributed by atoms with E-state index in [1.165, 1.54) is 18.2 Å². The molecule has 3 aromatic carbocycles. The summed E-state index contributed by atoms with van der Waals surface area (Å²) in [5.74, 6) is -0.148. The minimum Gasteiger partial charge on any atom is -0.317 e. The SMILES string of the molecule is O=C(/C=C/c1ccc(Cl)cc1)c1nc2ccccc2n1Cc1ccc(F)cc1. The molecule has 138 valence electrons. The van der Waals surface area contributed by atoms with Crippen molar-refractivity contribution in [3.8, 4) is 0 Å². The number of rotatable bonds is 5. The number of fused-ring (bicyclic) bond motifs is 1. The third-order valence-corrected chi connectivity index (χ3v) is 4.68. The van der Waals surface area contributed by atoms with Crippen LogP contribution < -0.4 is 0 Å². The highest BCUT2D eigenvalue weighted by Gasteiger charge is 2.16. The normalized spacial score (nSPS) is 11.4. The van der Waals surface area contributed by atoms with Crippen molar-refractivity contribution in [2.75, 3.05) is 0 Å². The number of hydrogen-bond acceptors (Lipinski definition) is 2. The zero-order valence-corrected chi connectivity index (χ0v) is 15.6. The topological polar surface area (TPSA) is 34.9 Å². The number of para-hydroxylation sites is 2. The molecular formula is C23H16ClFN2O. The molecule has 0 amide bonds. The van der Waals surface area contributed by atoms with E-state index < -0.39 is 0 Å². The van der Waals surface area contributed by atoms with Crippen molar-refractivity contribution in [2.45, 2.75) is 6.54 Å². The first-order chi connectivity index (χ1) is 13.6. The Hall–Kier alpha value is -3.24. The molecule has 28 heavy (non-hydrogen) atoms. The van der Waals surface area contributed by atoms with Crippen LogP contribution in [0.25, 0.3) is 17.1 Å². The van der Waals surface area contributed by atoms with E-state index in [1.54, 1.807) is 30.3 Å². The minimum absolute atomic E-state index is 0.201. The van der Waals surface area contributed by atoms with Crippen LogP contribution in [0.5, 0.6) is 0 Å². The van der Waals surface area contributed by atoms with Crippen LogP contribution in [0.15, 0.2) is 78.9 Å². The van der Waals surface area contributed by atoms with Crippen LogP contribution in [0.2, 0.25) is 5.02 Å². The average Bonchev–Trinajstić information content (AvgIpc) is 3.08. The van der Waals surface area contributed by atoms with Crippen LogP contribution in [0, 0.1) is 5.82 Å². The summed E-state index contributed by atoms with van der Waals surface area (Å²) in [6.45, 7) is 0.427. The van der Waals surface area contributed by atoms with Crippen LogP contribution in [-0.2, 0) is 6.54 Å². The lowest BCUT2D eigenvalue weighted by Crippen LogP contribution is -2.09. The number of halogens is 2. The highest BCUT2D eigenvalue weighted by atomic mass is 35.5. The molecular weight excluding hydrogens is 375 g/mol. The lowest BCUT2D eigenvalue weighted by atomic mass is 10.2. The molecule has 4 rings (SSSR count). The van der Waals surface area contributed by atoms with Crippen molar-refractivity contribution in [1.82, 2.24) is 9.55 Å². The summed E-state index contributed by atoms with van der Waals surface area (Å²) in [4.78, 5) is 17.4. The van der Waals surface area contributed by atoms with Gasteiger partial charge in [0.05, 0.1) is 11.0 Å². The van der Waals surface area contributed by atoms with E-state index in [4.69, 9.17) is 11.6 Å². The van der Waals surface area contributed by atoms with Gasteiger partial charge in [0.15, 0.2) is 5.82 Å². The van der Waals surface area contributed by atoms with Crippen molar-refractivity contribution in [1.29, 1.82) is 0 Å². The molecule has 0 aliphatic heterocycles. The maximum atomic E-state index is 13.2. The summed E-state index contributed by atoms with van der Waals surface area (Å²) in [5.41, 5.74) is 3.36. The Morgan fingerprint density at radius 3 is 2.46 bits per heavy atom. The molecule has 0 saturated heterocycles. The van der Waals surface area contributed by atoms with Gasteiger partial charge in [0, 0.05) is 11.6 Å². The summed E-state index contributed by atoms with van der Waals surface area (Å²) in [6.07, 6.45) is 3.24. The third kappa shape index (κ3) is 3.87. The van der Waals surface area contributed by atoms with Crippen molar-refractivity contribution in [3.05, 3.63) is 107 Å². The Morgan fingerprint density at radius 2 is 1.71 bits per heavy atom. The van der Waals surface area contributed by atoms with Crippen molar-refractivity contribution in [2.24, 2.45) is 0 Å². The summed E-state index contributed by atoms with van der Waals surface area (Å²) in [7, 11) is 0. The Kier molecular flexibility index (Phi) is 5.04. The van der Waals surface area contributed by atoms with Crippen LogP contribution in [-0.4, -0.2) is 15.3 Å². The van der Waals surface area contributed by atoms with Gasteiger partial charge in [0.25, 0.3) is 0 Å². The fourth-order valence-electron chi connectivity index (χ4n) is 3.02. The van der Waals surface area contributed by atoms with E-state index in [2.05, 4.69) is 4.98 Å². The summed E-state index contributed by atoms with van der Waals surface area (Å²) in [5, 5.41) is 0.643. The molecule has 0 unspecified atom stereocenters. The molecule has 0 saturated carbocycles. The Labute approximate surface area is 166 Å². The summed E-state index contributed by atoms with van der Waals surface area (Å²) in [6, 6.07) is 21.1. The van der Waals surface area contributed by atoms with E-state index >= 15 is 0 Å². The first kappa shape index (κ1) is 18.1. The van der Waals surface area contributed by atoms with Gasteiger partial charge in [-0.15, -0.1) is 0 Å². The first-order valence-electron chi connectivity index (χ1n) is 8.78. The smallest absolute Gasteiger partial charge is 0.221 e. The van der Waals surface area contributed by atoms with Crippen LogP contribution in [0.3, 0.4) is 0 Å². The van der Waals surface area contributed by atoms with Crippen LogP contribution in [0.1, 0.15) is 21.7 Å². The molecule has 0 bridgehead atoms. The number of benzene rings is 3. The number of carbonyl (C=O) groups excluding carboxylic acids is 1. The van der Waals surface area contributed by atoms with Gasteiger partial charge in [-0.2, -0.15) is 0 Å². The highest BCUT2D eigenvalue weighted by molar-refractivity contribution is 6.30. The third-order valence-electron chi connectivity index (χ3n) is 4.43. The molecule has 0 fully saturated rings. The lowest BCUT2D eigenvalue weighted by molar-refractivity contribution is 0.103. The van der Waals surface area contributed by atoms with Crippen LogP contribution in [0.4, 0.5) is 4.39 Å². The zero-order valence-electron chi connectivity index (χ0n) is 14.8. The van der Waals surface area contributed by atoms with Gasteiger partial charge in [0.2, 0.25) is 5.78 Å². The molecule has 4 aromatic rings. The lowest BCUT2D eigenvalue weighted by Gasteiger charge is -2.08. The van der Waals surface area contributed by atoms with Gasteiger partial charge in [-0.25, -0.2) is 9.37 Å². The van der Waals surface area contributed by atoms with Crippen molar-refractivity contribution in [3.63, 3.8) is 0 Å². The molecule has 0 atom stereocenters. The molecule has 0 aliphatic rings. The van der Waals surface area contributed by atoms with Gasteiger partial charge in [0.1, 0.15) is 5.82 Å². The quantitative estimate of drug-likeness (QED) is 0.320. The molecule has 0 N–H and O–H groups in total. The minimum atomic E-state index is -0.290. The van der Waals surface area contributed by atoms with E-state index in [-0.39, 0.29) is 11.6 Å². The monoisotopic (exact) mass is 390 g/mol. The number of nitrogens with zero attached hydrogens (tertiary/aromatic N) is 2. The number of aromatic nitrogens is 2. The van der Waals surface area contributed by atoms with Crippen LogP contribution >= 0.6 is 11.6 Å². The van der Waals surface area contributed by atoms with E-state index in [1.807, 2.05) is 41.0 Å². The Morgan fingerprint density at radius 1 is 1.00 bits per heavy atom. The Bertz CT molecular complexity index is 1160. The van der Waals surface area contributed by atoms with Crippen molar-refractivity contribution < 1.29 is 9.18 Å². The molecule has 1 aromatic heterocycles. The fraction of sp³-hybridized carbons (Fsp3) is 0.0435. The van der Waals surface area contributed by atoms with Gasteiger partial charge < -0.3 is 4.57 Å². The summed E-state index contributed by atoms with van der Waals surface area (Å²) >= 11 is 5.90. The van der Waals surface area contributed by atoms with Gasteiger partial charge in [-0.1, -0.05) is 54.1 Å². The molecule has 1 heterocycles. The average molecular weight is 391 g/mol. The first-order valence-corrected chi connectivity index (χ1v) is 9.16. The molecule has 0 spiro atoms. The zero-order chi connectivity index (χ0) is 19.5. The van der Waals surface area contributed by atoms with Gasteiger partial charge >= 0.3 is 0 Å². The molecule has 5 heteroatoms. The second kappa shape index (κ2) is 7.79. The molecule has 0 radical (unpaired) electrons. The number of carbonyl (C=O) groups is 1. The number of ketones is 1. The van der Waals surface area contributed by atoms with E-state index in [0.29, 0.717) is 17.4 Å². The predicted octanol–water partition coefficient (Wildman–Crippen LogP) is 5.77. The largest absolute Gasteiger partial charge is 0.317 e. The highest BCUT2D eigenvalue weighted by Crippen LogP contribution is 2.19. The number of allylic oxidation sites excluding steroid dienone is 1. The van der Waals surface area contributed by atoms with Crippen molar-refractivity contribution >= 4 is 34.5 Å². The number of imidazole rings is 1. The van der Waals surface area contributed by atoms with E-state index in [9.17, 15) is 9.18 Å². The molecule has 3 nitrogen and oxygen atoms in total. The van der Waals surface area contributed by atoms with E-state index in [0.717, 1.165) is 22.2 Å². The van der Waals surface area contributed by atoms with Gasteiger partial charge in [-0.3, -0.25) is 4.79 Å². The predicted molar refractivity (Wildman–Crippen MR) is 110 cm³/mol. The van der Waals surface area contributed by atoms with Gasteiger partial charge in [-0.05, 0) is 53.6 Å². The maximum absolute atomic E-state index is 13.2.